The lowest BCUT2D eigenvalue weighted by Crippen LogP contribution is -2.49. The Morgan fingerprint density at radius 1 is 1.45 bits per heavy atom. The number of rotatable bonds is 7. The molecule has 0 aromatic carbocycles. The highest BCUT2D eigenvalue weighted by molar-refractivity contribution is 5.94. The molecule has 1 aromatic heterocycles. The zero-order valence-corrected chi connectivity index (χ0v) is 12.8. The third-order valence-electron chi connectivity index (χ3n) is 3.36. The zero-order chi connectivity index (χ0) is 15.2. The second kappa shape index (κ2) is 7.24. The van der Waals surface area contributed by atoms with Crippen LogP contribution in [0.25, 0.3) is 0 Å². The molecule has 0 fully saturated rings. The van der Waals surface area contributed by atoms with Crippen molar-refractivity contribution in [2.45, 2.75) is 52.2 Å². The molecule has 0 saturated carbocycles. The molecule has 0 spiro atoms. The Bertz CT molecular complexity index is 442. The Morgan fingerprint density at radius 3 is 2.65 bits per heavy atom. The minimum Gasteiger partial charge on any atom is -0.489 e. The molecule has 0 aliphatic rings. The molecule has 20 heavy (non-hydrogen) atoms. The fraction of sp³-hybridized carbons (Fsp3) is 0.600. The van der Waals surface area contributed by atoms with Crippen LogP contribution in [0.1, 0.15) is 51.0 Å². The topological polar surface area (TPSA) is 77.2 Å². The summed E-state index contributed by atoms with van der Waals surface area (Å²) in [5, 5.41) is 2.85. The summed E-state index contributed by atoms with van der Waals surface area (Å²) in [6.07, 6.45) is 3.19. The molecular weight excluding hydrogens is 254 g/mol. The summed E-state index contributed by atoms with van der Waals surface area (Å²) >= 11 is 0. The van der Waals surface area contributed by atoms with E-state index in [1.54, 1.807) is 18.3 Å². The van der Waals surface area contributed by atoms with Crippen LogP contribution < -0.4 is 15.8 Å². The van der Waals surface area contributed by atoms with Crippen LogP contribution in [0.4, 0.5) is 0 Å². The number of ether oxygens (including phenoxy) is 1. The molecule has 3 N–H and O–H groups in total. The van der Waals surface area contributed by atoms with Crippen LogP contribution in [0.2, 0.25) is 0 Å². The maximum absolute atomic E-state index is 12.2. The van der Waals surface area contributed by atoms with Gasteiger partial charge in [0, 0.05) is 18.3 Å². The summed E-state index contributed by atoms with van der Waals surface area (Å²) in [6.45, 7) is 8.28. The molecule has 1 rings (SSSR count). The van der Waals surface area contributed by atoms with Crippen molar-refractivity contribution < 1.29 is 9.53 Å². The Labute approximate surface area is 120 Å². The fourth-order valence-electron chi connectivity index (χ4n) is 1.75. The zero-order valence-electron chi connectivity index (χ0n) is 12.8. The Kier molecular flexibility index (Phi) is 5.95. The molecule has 5 heteroatoms. The van der Waals surface area contributed by atoms with Gasteiger partial charge in [0.25, 0.3) is 5.91 Å². The fourth-order valence-corrected chi connectivity index (χ4v) is 1.75. The van der Waals surface area contributed by atoms with Gasteiger partial charge in [0.05, 0.1) is 6.10 Å². The molecule has 0 radical (unpaired) electrons. The summed E-state index contributed by atoms with van der Waals surface area (Å²) in [7, 11) is 0. The van der Waals surface area contributed by atoms with E-state index in [4.69, 9.17) is 10.5 Å². The highest BCUT2D eigenvalue weighted by Crippen LogP contribution is 2.17. The van der Waals surface area contributed by atoms with Crippen molar-refractivity contribution in [2.75, 3.05) is 6.54 Å². The monoisotopic (exact) mass is 279 g/mol. The third kappa shape index (κ3) is 4.49. The molecule has 0 atom stereocenters. The number of hydrogen-bond donors (Lipinski definition) is 2. The molecule has 1 heterocycles. The van der Waals surface area contributed by atoms with Crippen molar-refractivity contribution in [3.05, 3.63) is 24.0 Å². The van der Waals surface area contributed by atoms with E-state index >= 15 is 0 Å². The Balaban J connectivity index is 2.77. The molecule has 112 valence electrons. The second-order valence-corrected chi connectivity index (χ2v) is 5.27. The summed E-state index contributed by atoms with van der Waals surface area (Å²) in [6, 6.07) is 3.50. The maximum atomic E-state index is 12.2. The summed E-state index contributed by atoms with van der Waals surface area (Å²) in [5.74, 6) is 0.244. The number of nitrogens with two attached hydrogens (primary N) is 1. The van der Waals surface area contributed by atoms with Crippen LogP contribution >= 0.6 is 0 Å². The van der Waals surface area contributed by atoms with Crippen molar-refractivity contribution in [3.63, 3.8) is 0 Å². The van der Waals surface area contributed by atoms with E-state index in [2.05, 4.69) is 10.3 Å². The number of pyridine rings is 1. The summed E-state index contributed by atoms with van der Waals surface area (Å²) < 4.78 is 5.60. The van der Waals surface area contributed by atoms with Gasteiger partial charge in [-0.3, -0.25) is 4.79 Å². The molecule has 0 saturated heterocycles. The first-order valence-corrected chi connectivity index (χ1v) is 7.10. The lowest BCUT2D eigenvalue weighted by atomic mass is 9.94. The van der Waals surface area contributed by atoms with Crippen LogP contribution in [0, 0.1) is 0 Å². The Morgan fingerprint density at radius 2 is 2.10 bits per heavy atom. The first-order valence-electron chi connectivity index (χ1n) is 7.10. The predicted molar refractivity (Wildman–Crippen MR) is 79.8 cm³/mol. The first kappa shape index (κ1) is 16.4. The average molecular weight is 279 g/mol. The van der Waals surface area contributed by atoms with Gasteiger partial charge in [-0.25, -0.2) is 4.98 Å². The molecule has 0 bridgehead atoms. The number of nitrogens with zero attached hydrogens (tertiary/aromatic N) is 1. The van der Waals surface area contributed by atoms with Crippen LogP contribution in [0.5, 0.6) is 5.75 Å². The number of hydrogen-bond acceptors (Lipinski definition) is 4. The number of nitrogens with one attached hydrogen (secondary N) is 1. The van der Waals surface area contributed by atoms with E-state index in [1.807, 2.05) is 27.7 Å². The van der Waals surface area contributed by atoms with Gasteiger partial charge in [-0.05, 0) is 38.8 Å². The van der Waals surface area contributed by atoms with Crippen LogP contribution in [0.3, 0.4) is 0 Å². The maximum Gasteiger partial charge on any atom is 0.273 e. The van der Waals surface area contributed by atoms with Crippen molar-refractivity contribution in [2.24, 2.45) is 5.73 Å². The van der Waals surface area contributed by atoms with Gasteiger partial charge in [0.1, 0.15) is 0 Å². The lowest BCUT2D eigenvalue weighted by molar-refractivity contribution is 0.0930. The largest absolute Gasteiger partial charge is 0.489 e. The van der Waals surface area contributed by atoms with Gasteiger partial charge in [0.2, 0.25) is 0 Å². The van der Waals surface area contributed by atoms with E-state index in [1.165, 1.54) is 0 Å². The molecule has 5 nitrogen and oxygen atoms in total. The van der Waals surface area contributed by atoms with Crippen LogP contribution in [0.15, 0.2) is 18.3 Å². The first-order chi connectivity index (χ1) is 9.41. The quantitative estimate of drug-likeness (QED) is 0.801. The molecule has 1 aromatic rings. The normalized spacial score (nSPS) is 11.5. The molecular formula is C15H25N3O2. The molecule has 0 aliphatic carbocycles. The van der Waals surface area contributed by atoms with Gasteiger partial charge in [-0.2, -0.15) is 0 Å². The van der Waals surface area contributed by atoms with Gasteiger partial charge >= 0.3 is 0 Å². The van der Waals surface area contributed by atoms with Crippen molar-refractivity contribution >= 4 is 5.91 Å². The number of amides is 1. The van der Waals surface area contributed by atoms with Crippen molar-refractivity contribution in [1.82, 2.24) is 10.3 Å². The van der Waals surface area contributed by atoms with Crippen LogP contribution in [-0.2, 0) is 0 Å². The molecule has 1 amide bonds. The highest BCUT2D eigenvalue weighted by atomic mass is 16.5. The van der Waals surface area contributed by atoms with E-state index in [0.29, 0.717) is 18.0 Å². The lowest BCUT2D eigenvalue weighted by Gasteiger charge is -2.26. The van der Waals surface area contributed by atoms with E-state index < -0.39 is 0 Å². The number of carbonyl (C=O) groups excluding carboxylic acids is 1. The highest BCUT2D eigenvalue weighted by Gasteiger charge is 2.22. The Hall–Kier alpha value is -1.62. The van der Waals surface area contributed by atoms with Crippen LogP contribution in [-0.4, -0.2) is 29.1 Å². The average Bonchev–Trinajstić information content (AvgIpc) is 2.44. The third-order valence-corrected chi connectivity index (χ3v) is 3.36. The van der Waals surface area contributed by atoms with E-state index in [9.17, 15) is 4.79 Å². The van der Waals surface area contributed by atoms with Gasteiger partial charge in [-0.1, -0.05) is 13.8 Å². The SMILES string of the molecule is CCC(N)(CC)CNC(=O)c1ncccc1OC(C)C. The molecule has 0 unspecified atom stereocenters. The number of carbonyl (C=O) groups is 1. The minimum atomic E-state index is -0.372. The van der Waals surface area contributed by atoms with E-state index in [0.717, 1.165) is 12.8 Å². The smallest absolute Gasteiger partial charge is 0.273 e. The van der Waals surface area contributed by atoms with Gasteiger partial charge in [0.15, 0.2) is 11.4 Å². The van der Waals surface area contributed by atoms with E-state index in [-0.39, 0.29) is 17.6 Å². The standard InChI is InChI=1S/C15H25N3O2/c1-5-15(16,6-2)10-18-14(19)13-12(20-11(3)4)8-7-9-17-13/h7-9,11H,5-6,10,16H2,1-4H3,(H,18,19). The van der Waals surface area contributed by atoms with Crippen molar-refractivity contribution in [3.8, 4) is 5.75 Å². The summed E-state index contributed by atoms with van der Waals surface area (Å²) in [4.78, 5) is 16.3. The molecule has 0 aliphatic heterocycles. The van der Waals surface area contributed by atoms with Gasteiger partial charge in [-0.15, -0.1) is 0 Å². The summed E-state index contributed by atoms with van der Waals surface area (Å²) in [5.41, 5.74) is 6.11. The minimum absolute atomic E-state index is 0.00867. The second-order valence-electron chi connectivity index (χ2n) is 5.27. The van der Waals surface area contributed by atoms with Crippen molar-refractivity contribution in [1.29, 1.82) is 0 Å². The predicted octanol–water partition coefficient (Wildman–Crippen LogP) is 2.12. The number of aromatic nitrogens is 1. The van der Waals surface area contributed by atoms with Gasteiger partial charge < -0.3 is 15.8 Å².